The molecule has 23 heavy (non-hydrogen) atoms. The molecule has 0 amide bonds. The number of aryl methyl sites for hydroxylation is 3. The summed E-state index contributed by atoms with van der Waals surface area (Å²) in [4.78, 5) is 8.83. The average Bonchev–Trinajstić information content (AvgIpc) is 2.47. The highest BCUT2D eigenvalue weighted by Crippen LogP contribution is 2.30. The molecule has 0 aliphatic rings. The Labute approximate surface area is 142 Å². The van der Waals surface area contributed by atoms with Crippen LogP contribution in [-0.4, -0.2) is 30.2 Å². The molecule has 2 aromatic rings. The Balaban J connectivity index is 2.15. The summed E-state index contributed by atoms with van der Waals surface area (Å²) < 4.78 is 5.04. The highest BCUT2D eigenvalue weighted by atomic mass is 35.5. The monoisotopic (exact) mass is 334 g/mol. The molecule has 0 unspecified atom stereocenters. The van der Waals surface area contributed by atoms with Crippen LogP contribution in [0.25, 0.3) is 0 Å². The van der Waals surface area contributed by atoms with E-state index in [9.17, 15) is 0 Å². The highest BCUT2D eigenvalue weighted by Gasteiger charge is 2.08. The summed E-state index contributed by atoms with van der Waals surface area (Å²) >= 11 is 6.35. The molecule has 2 rings (SSSR count). The van der Waals surface area contributed by atoms with Crippen LogP contribution in [0.15, 0.2) is 18.2 Å². The number of ether oxygens (including phenoxy) is 1. The predicted octanol–water partition coefficient (Wildman–Crippen LogP) is 4.25. The number of benzene rings is 1. The maximum Gasteiger partial charge on any atom is 0.136 e. The lowest BCUT2D eigenvalue weighted by atomic mass is 10.1. The molecule has 1 heterocycles. The van der Waals surface area contributed by atoms with Gasteiger partial charge >= 0.3 is 0 Å². The number of anilines is 3. The van der Waals surface area contributed by atoms with Crippen molar-refractivity contribution in [3.8, 4) is 0 Å². The minimum atomic E-state index is 0.688. The van der Waals surface area contributed by atoms with E-state index in [-0.39, 0.29) is 0 Å². The van der Waals surface area contributed by atoms with Gasteiger partial charge in [-0.25, -0.2) is 9.97 Å². The SMILES string of the molecule is COCCCNc1cc(Nc2c(C)cc(C)cc2Cl)nc(C)n1. The second-order valence-electron chi connectivity index (χ2n) is 5.52. The Morgan fingerprint density at radius 2 is 1.83 bits per heavy atom. The Bertz CT molecular complexity index is 653. The standard InChI is InChI=1S/C17H23ClN4O/c1-11-8-12(2)17(14(18)9-11)22-16-10-15(20-13(3)21-16)19-6-5-7-23-4/h8-10H,5-7H2,1-4H3,(H2,19,20,21,22). The third-order valence-electron chi connectivity index (χ3n) is 3.35. The first-order chi connectivity index (χ1) is 11.0. The van der Waals surface area contributed by atoms with Crippen LogP contribution in [0.2, 0.25) is 5.02 Å². The number of aromatic nitrogens is 2. The van der Waals surface area contributed by atoms with Crippen molar-refractivity contribution in [2.24, 2.45) is 0 Å². The van der Waals surface area contributed by atoms with E-state index in [1.807, 2.05) is 32.9 Å². The first-order valence-electron chi connectivity index (χ1n) is 7.62. The van der Waals surface area contributed by atoms with E-state index in [2.05, 4.69) is 26.7 Å². The van der Waals surface area contributed by atoms with Crippen molar-refractivity contribution in [1.29, 1.82) is 0 Å². The summed E-state index contributed by atoms with van der Waals surface area (Å²) in [6.45, 7) is 7.45. The number of rotatable bonds is 7. The number of hydrogen-bond acceptors (Lipinski definition) is 5. The lowest BCUT2D eigenvalue weighted by molar-refractivity contribution is 0.198. The topological polar surface area (TPSA) is 59.1 Å². The van der Waals surface area contributed by atoms with Crippen molar-refractivity contribution in [3.63, 3.8) is 0 Å². The Hall–Kier alpha value is -1.85. The predicted molar refractivity (Wildman–Crippen MR) is 96.0 cm³/mol. The molecule has 0 aliphatic heterocycles. The van der Waals surface area contributed by atoms with Gasteiger partial charge in [0.25, 0.3) is 0 Å². The zero-order valence-electron chi connectivity index (χ0n) is 14.0. The third-order valence-corrected chi connectivity index (χ3v) is 3.65. The highest BCUT2D eigenvalue weighted by molar-refractivity contribution is 6.33. The number of nitrogens with one attached hydrogen (secondary N) is 2. The van der Waals surface area contributed by atoms with E-state index in [0.29, 0.717) is 10.8 Å². The number of methoxy groups -OCH3 is 1. The fraction of sp³-hybridized carbons (Fsp3) is 0.412. The summed E-state index contributed by atoms with van der Waals surface area (Å²) in [6.07, 6.45) is 0.922. The summed E-state index contributed by atoms with van der Waals surface area (Å²) in [5.41, 5.74) is 3.10. The molecule has 2 N–H and O–H groups in total. The van der Waals surface area contributed by atoms with Gasteiger partial charge in [-0.05, 0) is 44.4 Å². The van der Waals surface area contributed by atoms with Gasteiger partial charge in [-0.3, -0.25) is 0 Å². The molecule has 0 radical (unpaired) electrons. The third kappa shape index (κ3) is 5.08. The molecule has 124 valence electrons. The van der Waals surface area contributed by atoms with E-state index in [4.69, 9.17) is 16.3 Å². The van der Waals surface area contributed by atoms with Crippen LogP contribution in [0.3, 0.4) is 0 Å². The fourth-order valence-electron chi connectivity index (χ4n) is 2.36. The van der Waals surface area contributed by atoms with Gasteiger partial charge in [0.15, 0.2) is 0 Å². The maximum atomic E-state index is 6.35. The summed E-state index contributed by atoms with van der Waals surface area (Å²) in [5.74, 6) is 2.21. The second kappa shape index (κ2) is 8.13. The van der Waals surface area contributed by atoms with E-state index < -0.39 is 0 Å². The van der Waals surface area contributed by atoms with Crippen LogP contribution in [0.1, 0.15) is 23.4 Å². The zero-order chi connectivity index (χ0) is 16.8. The molecule has 0 saturated heterocycles. The molecule has 1 aromatic carbocycles. The lowest BCUT2D eigenvalue weighted by Gasteiger charge is -2.14. The summed E-state index contributed by atoms with van der Waals surface area (Å²) in [5, 5.41) is 7.27. The molecule has 0 atom stereocenters. The van der Waals surface area contributed by atoms with Gasteiger partial charge in [0.05, 0.1) is 10.7 Å². The van der Waals surface area contributed by atoms with Gasteiger partial charge in [0.2, 0.25) is 0 Å². The summed E-state index contributed by atoms with van der Waals surface area (Å²) in [7, 11) is 1.70. The molecular weight excluding hydrogens is 312 g/mol. The minimum absolute atomic E-state index is 0.688. The van der Waals surface area contributed by atoms with Crippen LogP contribution in [0.4, 0.5) is 17.3 Å². The smallest absolute Gasteiger partial charge is 0.136 e. The van der Waals surface area contributed by atoms with E-state index in [1.165, 1.54) is 0 Å². The van der Waals surface area contributed by atoms with Crippen LogP contribution >= 0.6 is 11.6 Å². The number of nitrogens with zero attached hydrogens (tertiary/aromatic N) is 2. The number of hydrogen-bond donors (Lipinski definition) is 2. The van der Waals surface area contributed by atoms with Crippen molar-refractivity contribution < 1.29 is 4.74 Å². The van der Waals surface area contributed by atoms with Crippen molar-refractivity contribution in [2.75, 3.05) is 30.9 Å². The van der Waals surface area contributed by atoms with Crippen molar-refractivity contribution >= 4 is 28.9 Å². The summed E-state index contributed by atoms with van der Waals surface area (Å²) in [6, 6.07) is 5.91. The van der Waals surface area contributed by atoms with Gasteiger partial charge in [-0.15, -0.1) is 0 Å². The molecule has 5 nitrogen and oxygen atoms in total. The van der Waals surface area contributed by atoms with Crippen LogP contribution < -0.4 is 10.6 Å². The van der Waals surface area contributed by atoms with Crippen molar-refractivity contribution in [2.45, 2.75) is 27.2 Å². The fourth-order valence-corrected chi connectivity index (χ4v) is 2.73. The molecule has 0 saturated carbocycles. The quantitative estimate of drug-likeness (QED) is 0.741. The Morgan fingerprint density at radius 1 is 1.09 bits per heavy atom. The van der Waals surface area contributed by atoms with E-state index in [1.54, 1.807) is 7.11 Å². The molecular formula is C17H23ClN4O. The van der Waals surface area contributed by atoms with E-state index >= 15 is 0 Å². The molecule has 0 fully saturated rings. The first-order valence-corrected chi connectivity index (χ1v) is 7.99. The first kappa shape index (κ1) is 17.5. The van der Waals surface area contributed by atoms with Gasteiger partial charge < -0.3 is 15.4 Å². The number of halogens is 1. The van der Waals surface area contributed by atoms with E-state index in [0.717, 1.165) is 48.0 Å². The molecule has 1 aromatic heterocycles. The second-order valence-corrected chi connectivity index (χ2v) is 5.93. The van der Waals surface area contributed by atoms with Crippen molar-refractivity contribution in [3.05, 3.63) is 40.2 Å². The van der Waals surface area contributed by atoms with Gasteiger partial charge in [0.1, 0.15) is 17.5 Å². The molecule has 6 heteroatoms. The van der Waals surface area contributed by atoms with Crippen LogP contribution in [-0.2, 0) is 4.74 Å². The van der Waals surface area contributed by atoms with Crippen LogP contribution in [0.5, 0.6) is 0 Å². The Morgan fingerprint density at radius 3 is 2.52 bits per heavy atom. The van der Waals surface area contributed by atoms with Gasteiger partial charge in [-0.1, -0.05) is 17.7 Å². The van der Waals surface area contributed by atoms with Gasteiger partial charge in [0, 0.05) is 26.3 Å². The lowest BCUT2D eigenvalue weighted by Crippen LogP contribution is -2.08. The molecule has 0 bridgehead atoms. The van der Waals surface area contributed by atoms with Crippen LogP contribution in [0, 0.1) is 20.8 Å². The average molecular weight is 335 g/mol. The molecule has 0 spiro atoms. The zero-order valence-corrected chi connectivity index (χ0v) is 14.8. The Kier molecular flexibility index (Phi) is 6.19. The van der Waals surface area contributed by atoms with Crippen molar-refractivity contribution in [1.82, 2.24) is 9.97 Å². The normalized spacial score (nSPS) is 10.7. The maximum absolute atomic E-state index is 6.35. The molecule has 0 aliphatic carbocycles. The minimum Gasteiger partial charge on any atom is -0.385 e. The largest absolute Gasteiger partial charge is 0.385 e. The van der Waals surface area contributed by atoms with Gasteiger partial charge in [-0.2, -0.15) is 0 Å².